The van der Waals surface area contributed by atoms with Crippen LogP contribution in [0.4, 0.5) is 0 Å². The lowest BCUT2D eigenvalue weighted by Crippen LogP contribution is -2.62. The van der Waals surface area contributed by atoms with Crippen molar-refractivity contribution in [2.45, 2.75) is 62.6 Å². The van der Waals surface area contributed by atoms with Gasteiger partial charge in [0.1, 0.15) is 18.0 Å². The summed E-state index contributed by atoms with van der Waals surface area (Å²) in [6.45, 7) is 9.22. The summed E-state index contributed by atoms with van der Waals surface area (Å²) in [6.07, 6.45) is 4.08. The zero-order chi connectivity index (χ0) is 23.8. The molecule has 5 heteroatoms. The number of ether oxygens (including phenoxy) is 2. The molecule has 1 saturated heterocycles. The lowest BCUT2D eigenvalue weighted by Gasteiger charge is -2.59. The van der Waals surface area contributed by atoms with Crippen molar-refractivity contribution in [1.29, 1.82) is 0 Å². The van der Waals surface area contributed by atoms with Crippen LogP contribution in [0.15, 0.2) is 48.5 Å². The molecule has 4 unspecified atom stereocenters. The third kappa shape index (κ3) is 4.07. The number of benzene rings is 2. The van der Waals surface area contributed by atoms with Crippen molar-refractivity contribution in [3.8, 4) is 5.75 Å². The Hall–Kier alpha value is -1.92. The van der Waals surface area contributed by atoms with E-state index in [0.717, 1.165) is 63.4 Å². The fraction of sp³-hybridized carbons (Fsp3) is 0.586. The summed E-state index contributed by atoms with van der Waals surface area (Å²) < 4.78 is 11.6. The number of fused-ring (bicyclic) bond motifs is 3. The van der Waals surface area contributed by atoms with Crippen LogP contribution in [0.3, 0.4) is 0 Å². The van der Waals surface area contributed by atoms with Crippen LogP contribution < -0.4 is 4.74 Å². The maximum Gasteiger partial charge on any atom is 0.119 e. The van der Waals surface area contributed by atoms with Crippen LogP contribution in [-0.2, 0) is 22.2 Å². The standard InChI is InChI=1S/C29H39NO4/c1-3-28-21-27(2,31)29(32,23-7-5-4-6-8-23)20-24(28)10-9-22-19-25(11-12-26(22)28)34-18-15-30-13-16-33-17-14-30/h4-8,11-12,19,24,31-32H,3,9-10,13-18,20-21H2,1-2H3. The first kappa shape index (κ1) is 23.8. The van der Waals surface area contributed by atoms with Crippen LogP contribution in [0.25, 0.3) is 0 Å². The van der Waals surface area contributed by atoms with Crippen LogP contribution in [0.2, 0.25) is 0 Å². The molecule has 0 spiro atoms. The summed E-state index contributed by atoms with van der Waals surface area (Å²) in [5.74, 6) is 1.25. The van der Waals surface area contributed by atoms with Crippen molar-refractivity contribution in [2.24, 2.45) is 5.92 Å². The number of nitrogens with zero attached hydrogens (tertiary/aromatic N) is 1. The third-order valence-electron chi connectivity index (χ3n) is 8.91. The molecule has 2 aromatic rings. The summed E-state index contributed by atoms with van der Waals surface area (Å²) >= 11 is 0. The second-order valence-electron chi connectivity index (χ2n) is 10.7. The van der Waals surface area contributed by atoms with E-state index in [-0.39, 0.29) is 5.41 Å². The first-order valence-corrected chi connectivity index (χ1v) is 12.9. The summed E-state index contributed by atoms with van der Waals surface area (Å²) in [5.41, 5.74) is 0.898. The maximum atomic E-state index is 11.8. The number of hydrogen-bond donors (Lipinski definition) is 2. The highest BCUT2D eigenvalue weighted by molar-refractivity contribution is 5.45. The van der Waals surface area contributed by atoms with Crippen LogP contribution in [-0.4, -0.2) is 60.2 Å². The lowest BCUT2D eigenvalue weighted by atomic mass is 9.49. The van der Waals surface area contributed by atoms with E-state index in [4.69, 9.17) is 9.47 Å². The van der Waals surface area contributed by atoms with Crippen molar-refractivity contribution in [3.63, 3.8) is 0 Å². The van der Waals surface area contributed by atoms with E-state index in [1.54, 1.807) is 0 Å². The molecule has 5 nitrogen and oxygen atoms in total. The molecular weight excluding hydrogens is 426 g/mol. The smallest absolute Gasteiger partial charge is 0.119 e. The lowest BCUT2D eigenvalue weighted by molar-refractivity contribution is -0.205. The maximum absolute atomic E-state index is 11.8. The number of aliphatic hydroxyl groups is 2. The molecule has 3 aliphatic rings. The summed E-state index contributed by atoms with van der Waals surface area (Å²) in [5, 5.41) is 23.5. The van der Waals surface area contributed by atoms with Gasteiger partial charge >= 0.3 is 0 Å². The molecule has 4 atom stereocenters. The number of aryl methyl sites for hydroxylation is 1. The van der Waals surface area contributed by atoms with E-state index in [0.29, 0.717) is 25.4 Å². The second kappa shape index (κ2) is 9.27. The highest BCUT2D eigenvalue weighted by atomic mass is 16.5. The zero-order valence-electron chi connectivity index (χ0n) is 20.6. The van der Waals surface area contributed by atoms with E-state index in [9.17, 15) is 10.2 Å². The summed E-state index contributed by atoms with van der Waals surface area (Å²) in [6, 6.07) is 16.3. The molecule has 2 aliphatic carbocycles. The fourth-order valence-corrected chi connectivity index (χ4v) is 6.92. The van der Waals surface area contributed by atoms with Crippen LogP contribution >= 0.6 is 0 Å². The van der Waals surface area contributed by atoms with Crippen molar-refractivity contribution < 1.29 is 19.7 Å². The third-order valence-corrected chi connectivity index (χ3v) is 8.91. The molecule has 2 N–H and O–H groups in total. The van der Waals surface area contributed by atoms with Crippen molar-refractivity contribution in [3.05, 3.63) is 65.2 Å². The van der Waals surface area contributed by atoms with E-state index < -0.39 is 11.2 Å². The average molecular weight is 466 g/mol. The molecule has 0 radical (unpaired) electrons. The van der Waals surface area contributed by atoms with Crippen LogP contribution in [0, 0.1) is 5.92 Å². The van der Waals surface area contributed by atoms with Gasteiger partial charge in [0.15, 0.2) is 0 Å². The van der Waals surface area contributed by atoms with E-state index in [1.165, 1.54) is 11.1 Å². The van der Waals surface area contributed by atoms with Crippen LogP contribution in [0.5, 0.6) is 5.75 Å². The topological polar surface area (TPSA) is 62.2 Å². The minimum absolute atomic E-state index is 0.134. The minimum atomic E-state index is -1.24. The Bertz CT molecular complexity index is 987. The Kier molecular flexibility index (Phi) is 6.49. The Morgan fingerprint density at radius 3 is 2.59 bits per heavy atom. The number of rotatable bonds is 6. The van der Waals surface area contributed by atoms with Gasteiger partial charge in [0, 0.05) is 25.0 Å². The van der Waals surface area contributed by atoms with E-state index in [1.807, 2.05) is 37.3 Å². The molecular formula is C29H39NO4. The van der Waals surface area contributed by atoms with Gasteiger partial charge in [0.05, 0.1) is 18.8 Å². The Labute approximate surface area is 203 Å². The van der Waals surface area contributed by atoms with E-state index in [2.05, 4.69) is 30.0 Å². The molecule has 0 aromatic heterocycles. The molecule has 184 valence electrons. The molecule has 0 bridgehead atoms. The van der Waals surface area contributed by atoms with Crippen molar-refractivity contribution >= 4 is 0 Å². The monoisotopic (exact) mass is 465 g/mol. The normalized spacial score (nSPS) is 33.7. The van der Waals surface area contributed by atoms with Crippen molar-refractivity contribution in [1.82, 2.24) is 4.90 Å². The molecule has 1 aliphatic heterocycles. The SMILES string of the molecule is CCC12CC(C)(O)C(O)(c3ccccc3)CC1CCc1cc(OCCN3CCOCC3)ccc12. The van der Waals surface area contributed by atoms with Gasteiger partial charge in [0.2, 0.25) is 0 Å². The quantitative estimate of drug-likeness (QED) is 0.674. The fourth-order valence-electron chi connectivity index (χ4n) is 6.92. The Morgan fingerprint density at radius 2 is 1.85 bits per heavy atom. The van der Waals surface area contributed by atoms with Gasteiger partial charge in [0.25, 0.3) is 0 Å². The van der Waals surface area contributed by atoms with Gasteiger partial charge in [-0.15, -0.1) is 0 Å². The van der Waals surface area contributed by atoms with Gasteiger partial charge in [-0.3, -0.25) is 4.90 Å². The Balaban J connectivity index is 1.37. The van der Waals surface area contributed by atoms with E-state index >= 15 is 0 Å². The van der Waals surface area contributed by atoms with Gasteiger partial charge < -0.3 is 19.7 Å². The first-order chi connectivity index (χ1) is 16.4. The number of morpholine rings is 1. The highest BCUT2D eigenvalue weighted by Gasteiger charge is 2.60. The molecule has 5 rings (SSSR count). The zero-order valence-corrected chi connectivity index (χ0v) is 20.6. The van der Waals surface area contributed by atoms with Crippen LogP contribution in [0.1, 0.15) is 56.2 Å². The van der Waals surface area contributed by atoms with Gasteiger partial charge in [-0.1, -0.05) is 43.3 Å². The summed E-state index contributed by atoms with van der Waals surface area (Å²) in [4.78, 5) is 2.39. The average Bonchev–Trinajstić information content (AvgIpc) is 2.86. The first-order valence-electron chi connectivity index (χ1n) is 12.9. The summed E-state index contributed by atoms with van der Waals surface area (Å²) in [7, 11) is 0. The van der Waals surface area contributed by atoms with Crippen molar-refractivity contribution in [2.75, 3.05) is 39.5 Å². The van der Waals surface area contributed by atoms with Gasteiger partial charge in [-0.2, -0.15) is 0 Å². The highest BCUT2D eigenvalue weighted by Crippen LogP contribution is 2.60. The number of hydrogen-bond acceptors (Lipinski definition) is 5. The molecule has 2 aromatic carbocycles. The second-order valence-corrected chi connectivity index (χ2v) is 10.7. The molecule has 0 amide bonds. The molecule has 1 heterocycles. The van der Waals surface area contributed by atoms with Gasteiger partial charge in [-0.25, -0.2) is 0 Å². The minimum Gasteiger partial charge on any atom is -0.492 e. The molecule has 1 saturated carbocycles. The molecule has 2 fully saturated rings. The predicted octanol–water partition coefficient (Wildman–Crippen LogP) is 4.04. The predicted molar refractivity (Wildman–Crippen MR) is 133 cm³/mol. The van der Waals surface area contributed by atoms with Gasteiger partial charge in [-0.05, 0) is 73.8 Å². The molecule has 34 heavy (non-hydrogen) atoms. The largest absolute Gasteiger partial charge is 0.492 e. The Morgan fingerprint density at radius 1 is 1.09 bits per heavy atom.